The van der Waals surface area contributed by atoms with Gasteiger partial charge in [0, 0.05) is 18.6 Å². The van der Waals surface area contributed by atoms with Crippen LogP contribution < -0.4 is 0 Å². The van der Waals surface area contributed by atoms with Crippen molar-refractivity contribution in [3.05, 3.63) is 91.6 Å². The van der Waals surface area contributed by atoms with Crippen LogP contribution in [0.2, 0.25) is 0 Å². The number of fused-ring (bicyclic) bond motifs is 1. The summed E-state index contributed by atoms with van der Waals surface area (Å²) >= 11 is 0. The average molecular weight is 591 g/mol. The van der Waals surface area contributed by atoms with Gasteiger partial charge in [0.2, 0.25) is 0 Å². The second-order valence-corrected chi connectivity index (χ2v) is 13.5. The van der Waals surface area contributed by atoms with Gasteiger partial charge in [0.15, 0.2) is 0 Å². The van der Waals surface area contributed by atoms with Crippen LogP contribution in [-0.4, -0.2) is 21.9 Å². The van der Waals surface area contributed by atoms with Crippen molar-refractivity contribution in [3.63, 3.8) is 0 Å². The minimum atomic E-state index is -0.798. The Bertz CT molecular complexity index is 1330. The highest BCUT2D eigenvalue weighted by Crippen LogP contribution is 2.59. The minimum Gasteiger partial charge on any atom is -0.458 e. The molecule has 0 unspecified atom stereocenters. The predicted octanol–water partition coefficient (Wildman–Crippen LogP) is 9.32. The van der Waals surface area contributed by atoms with Crippen LogP contribution >= 0.6 is 0 Å². The summed E-state index contributed by atoms with van der Waals surface area (Å²) in [4.78, 5) is 33.9. The van der Waals surface area contributed by atoms with E-state index in [4.69, 9.17) is 4.74 Å². The van der Waals surface area contributed by atoms with Gasteiger partial charge in [-0.1, -0.05) is 76.6 Å². The number of nitrogens with zero attached hydrogens (tertiary/aromatic N) is 2. The summed E-state index contributed by atoms with van der Waals surface area (Å²) in [7, 11) is 0. The number of ether oxygens (including phenoxy) is 1. The number of esters is 1. The van der Waals surface area contributed by atoms with Gasteiger partial charge < -0.3 is 4.74 Å². The lowest BCUT2D eigenvalue weighted by atomic mass is 9.61. The van der Waals surface area contributed by atoms with Crippen molar-refractivity contribution in [2.24, 2.45) is 35.0 Å². The van der Waals surface area contributed by atoms with Crippen LogP contribution in [0.1, 0.15) is 96.3 Å². The molecule has 43 heavy (non-hydrogen) atoms. The molecule has 3 fully saturated rings. The van der Waals surface area contributed by atoms with E-state index in [1.807, 2.05) is 0 Å². The Morgan fingerprint density at radius 2 is 1.67 bits per heavy atom. The number of carbonyl (C=O) groups is 1. The number of hydrogen-bond donors (Lipinski definition) is 0. The Hall–Kier alpha value is -3.55. The predicted molar refractivity (Wildman–Crippen MR) is 169 cm³/mol. The number of benzene rings is 1. The number of rotatable bonds is 9. The lowest BCUT2D eigenvalue weighted by Crippen LogP contribution is -2.35. The molecule has 0 N–H and O–H groups in total. The molecule has 6 atom stereocenters. The molecule has 0 amide bonds. The molecule has 0 bridgehead atoms. The normalized spacial score (nSPS) is 29.2. The third-order valence-corrected chi connectivity index (χ3v) is 10.4. The van der Waals surface area contributed by atoms with E-state index in [0.29, 0.717) is 48.9 Å². The summed E-state index contributed by atoms with van der Waals surface area (Å²) in [6, 6.07) is 2.88. The smallest absolute Gasteiger partial charge is 0.338 e. The van der Waals surface area contributed by atoms with Gasteiger partial charge in [-0.3, -0.25) is 20.2 Å². The first-order valence-corrected chi connectivity index (χ1v) is 15.7. The van der Waals surface area contributed by atoms with Crippen molar-refractivity contribution in [2.75, 3.05) is 0 Å². The van der Waals surface area contributed by atoms with Gasteiger partial charge in [0.05, 0.1) is 21.5 Å². The van der Waals surface area contributed by atoms with Crippen molar-refractivity contribution in [3.8, 4) is 0 Å². The van der Waals surface area contributed by atoms with Crippen LogP contribution in [0, 0.1) is 55.2 Å². The molecule has 0 aliphatic heterocycles. The maximum Gasteiger partial charge on any atom is 0.338 e. The molecule has 232 valence electrons. The molecular formula is C35H46N2O6. The Morgan fingerprint density at radius 1 is 1.00 bits per heavy atom. The van der Waals surface area contributed by atoms with Crippen LogP contribution in [0.25, 0.3) is 0 Å². The van der Waals surface area contributed by atoms with Crippen molar-refractivity contribution in [2.45, 2.75) is 92.1 Å². The van der Waals surface area contributed by atoms with Crippen LogP contribution in [0.15, 0.2) is 65.8 Å². The van der Waals surface area contributed by atoms with Crippen LogP contribution in [0.4, 0.5) is 11.4 Å². The molecular weight excluding hydrogens is 544 g/mol. The standard InChI is InChI=1S/C35H46N2O6/c1-22(2)23(3)9-10-25(5)32-15-16-33-26(8-7-17-35(32,33)6)12-13-27-20-31(14-11-24(27)4)43-34(38)28-18-29(36(39)40)21-30(19-28)37(41)42/h9-10,12-13,18-19,21-23,25,31-33H,4,7-8,11,14-17,20H2,1-3,5-6H3/t23-,25+,31-,32+,33-,35+/m0/s1. The Labute approximate surface area is 255 Å². The highest BCUT2D eigenvalue weighted by atomic mass is 16.6. The second kappa shape index (κ2) is 13.4. The van der Waals surface area contributed by atoms with Gasteiger partial charge in [0.25, 0.3) is 11.4 Å². The molecule has 0 aromatic heterocycles. The number of allylic oxidation sites excluding steroid dienone is 6. The molecule has 0 radical (unpaired) electrons. The number of carbonyl (C=O) groups excluding carboxylic acids is 1. The molecule has 3 aliphatic carbocycles. The first-order chi connectivity index (χ1) is 20.3. The summed E-state index contributed by atoms with van der Waals surface area (Å²) in [5, 5.41) is 22.5. The highest BCUT2D eigenvalue weighted by molar-refractivity contribution is 5.91. The zero-order valence-corrected chi connectivity index (χ0v) is 26.2. The first kappa shape index (κ1) is 32.4. The maximum atomic E-state index is 12.9. The van der Waals surface area contributed by atoms with E-state index in [1.54, 1.807) is 0 Å². The lowest BCUT2D eigenvalue weighted by molar-refractivity contribution is -0.394. The maximum absolute atomic E-state index is 12.9. The highest BCUT2D eigenvalue weighted by Gasteiger charge is 2.50. The van der Waals surface area contributed by atoms with E-state index in [0.717, 1.165) is 35.8 Å². The summed E-state index contributed by atoms with van der Waals surface area (Å²) in [6.07, 6.45) is 16.6. The van der Waals surface area contributed by atoms with E-state index in [9.17, 15) is 25.0 Å². The number of hydrogen-bond acceptors (Lipinski definition) is 6. The molecule has 0 saturated heterocycles. The molecule has 8 nitrogen and oxygen atoms in total. The lowest BCUT2D eigenvalue weighted by Gasteiger charge is -2.44. The molecule has 1 aromatic carbocycles. The summed E-state index contributed by atoms with van der Waals surface area (Å²) in [5.74, 6) is 2.21. The fourth-order valence-electron chi connectivity index (χ4n) is 7.47. The SMILES string of the molecule is C=C1CC[C@H](OC(=O)c2cc([N+](=O)[O-])cc([N+](=O)[O-])c2)CC1=CC=C1CCC[C@]2(C)[C@@H]([C@H](C)C=C[C@H](C)C(C)C)CC[C@@H]12. The van der Waals surface area contributed by atoms with Gasteiger partial charge in [-0.2, -0.15) is 0 Å². The van der Waals surface area contributed by atoms with Crippen LogP contribution in [-0.2, 0) is 4.74 Å². The summed E-state index contributed by atoms with van der Waals surface area (Å²) in [6.45, 7) is 16.0. The first-order valence-electron chi connectivity index (χ1n) is 15.7. The fraction of sp³-hybridized carbons (Fsp3) is 0.571. The molecule has 3 aliphatic rings. The minimum absolute atomic E-state index is 0.196. The topological polar surface area (TPSA) is 113 Å². The van der Waals surface area contributed by atoms with E-state index in [2.05, 4.69) is 65.5 Å². The van der Waals surface area contributed by atoms with Gasteiger partial charge in [0.1, 0.15) is 6.10 Å². The summed E-state index contributed by atoms with van der Waals surface area (Å²) in [5.41, 5.74) is 2.63. The van der Waals surface area contributed by atoms with Crippen molar-refractivity contribution >= 4 is 17.3 Å². The van der Waals surface area contributed by atoms with Crippen molar-refractivity contribution in [1.82, 2.24) is 0 Å². The Balaban J connectivity index is 1.47. The molecule has 4 rings (SSSR count). The zero-order chi connectivity index (χ0) is 31.5. The summed E-state index contributed by atoms with van der Waals surface area (Å²) < 4.78 is 5.70. The fourth-order valence-corrected chi connectivity index (χ4v) is 7.47. The van der Waals surface area contributed by atoms with Gasteiger partial charge in [-0.25, -0.2) is 4.79 Å². The molecule has 3 saturated carbocycles. The molecule has 8 heteroatoms. The van der Waals surface area contributed by atoms with Crippen LogP contribution in [0.3, 0.4) is 0 Å². The van der Waals surface area contributed by atoms with Crippen molar-refractivity contribution in [1.29, 1.82) is 0 Å². The van der Waals surface area contributed by atoms with Crippen LogP contribution in [0.5, 0.6) is 0 Å². The van der Waals surface area contributed by atoms with E-state index in [1.165, 1.54) is 31.3 Å². The number of non-ortho nitro benzene ring substituents is 2. The van der Waals surface area contributed by atoms with Gasteiger partial charge in [-0.15, -0.1) is 0 Å². The third kappa shape index (κ3) is 7.34. The Kier molecular flexibility index (Phi) is 10.1. The zero-order valence-electron chi connectivity index (χ0n) is 26.2. The number of nitro groups is 2. The van der Waals surface area contributed by atoms with Gasteiger partial charge in [-0.05, 0) is 85.5 Å². The molecule has 1 aromatic rings. The Morgan fingerprint density at radius 3 is 2.30 bits per heavy atom. The molecule has 0 heterocycles. The number of nitro benzene ring substituents is 2. The third-order valence-electron chi connectivity index (χ3n) is 10.4. The monoisotopic (exact) mass is 590 g/mol. The molecule has 0 spiro atoms. The second-order valence-electron chi connectivity index (χ2n) is 13.5. The average Bonchev–Trinajstić information content (AvgIpc) is 3.33. The van der Waals surface area contributed by atoms with E-state index >= 15 is 0 Å². The quantitative estimate of drug-likeness (QED) is 0.123. The van der Waals surface area contributed by atoms with Gasteiger partial charge >= 0.3 is 5.97 Å². The van der Waals surface area contributed by atoms with E-state index < -0.39 is 33.3 Å². The largest absolute Gasteiger partial charge is 0.458 e. The van der Waals surface area contributed by atoms with Crippen molar-refractivity contribution < 1.29 is 19.4 Å². The van der Waals surface area contributed by atoms with E-state index in [-0.39, 0.29) is 11.0 Å².